The summed E-state index contributed by atoms with van der Waals surface area (Å²) >= 11 is 0. The minimum absolute atomic E-state index is 0.226. The molecule has 0 bridgehead atoms. The molecule has 0 unspecified atom stereocenters. The average Bonchev–Trinajstić information content (AvgIpc) is 3.36. The van der Waals surface area contributed by atoms with Gasteiger partial charge in [0.1, 0.15) is 0 Å². The third-order valence-corrected chi connectivity index (χ3v) is 11.4. The van der Waals surface area contributed by atoms with E-state index in [0.717, 1.165) is 52.0 Å². The zero-order valence-electron chi connectivity index (χ0n) is 27.8. The summed E-state index contributed by atoms with van der Waals surface area (Å²) in [6.45, 7) is 27.6. The van der Waals surface area contributed by atoms with Gasteiger partial charge in [0, 0.05) is 54.9 Å². The standard InChI is InChI=1S/C36H55BN4/c1-11-31-29(21-27(23-38-31)40-18-16-39(10)17-19-40)33-30(22-34(4,5)12-2)28-20-26(14-15-32(28)41(33)13-3)37-24-35(6,7)36(8,9)25-37/h14-15,20-21,23H,11-13,16-19,22,24-25H2,1-10H3. The summed E-state index contributed by atoms with van der Waals surface area (Å²) in [5.41, 5.74) is 10.6. The van der Waals surface area contributed by atoms with Crippen molar-refractivity contribution < 1.29 is 0 Å². The molecule has 0 amide bonds. The number of aryl methyl sites for hydroxylation is 2. The number of hydrogen-bond acceptors (Lipinski definition) is 3. The van der Waals surface area contributed by atoms with Gasteiger partial charge in [0.25, 0.3) is 0 Å². The predicted octanol–water partition coefficient (Wildman–Crippen LogP) is 7.78. The maximum Gasteiger partial charge on any atom is 0.177 e. The van der Waals surface area contributed by atoms with Crippen LogP contribution in [-0.4, -0.2) is 54.4 Å². The van der Waals surface area contributed by atoms with E-state index in [9.17, 15) is 0 Å². The molecule has 2 fully saturated rings. The molecule has 0 saturated carbocycles. The van der Waals surface area contributed by atoms with Crippen molar-refractivity contribution in [2.45, 2.75) is 101 Å². The number of hydrogen-bond donors (Lipinski definition) is 0. The molecule has 0 radical (unpaired) electrons. The van der Waals surface area contributed by atoms with Gasteiger partial charge in [-0.25, -0.2) is 0 Å². The number of aromatic nitrogens is 2. The summed E-state index contributed by atoms with van der Waals surface area (Å²) in [7, 11) is 2.23. The zero-order valence-corrected chi connectivity index (χ0v) is 27.8. The van der Waals surface area contributed by atoms with Crippen molar-refractivity contribution in [3.05, 3.63) is 41.7 Å². The van der Waals surface area contributed by atoms with Gasteiger partial charge in [0.15, 0.2) is 6.71 Å². The van der Waals surface area contributed by atoms with Gasteiger partial charge in [-0.1, -0.05) is 92.0 Å². The van der Waals surface area contributed by atoms with Gasteiger partial charge in [-0.05, 0) is 60.8 Å². The summed E-state index contributed by atoms with van der Waals surface area (Å²) in [5.74, 6) is 0. The van der Waals surface area contributed by atoms with E-state index in [1.807, 2.05) is 0 Å². The van der Waals surface area contributed by atoms with Gasteiger partial charge >= 0.3 is 0 Å². The first-order valence-electron chi connectivity index (χ1n) is 16.4. The summed E-state index contributed by atoms with van der Waals surface area (Å²) in [4.78, 5) is 10.1. The lowest BCUT2D eigenvalue weighted by molar-refractivity contribution is 0.177. The van der Waals surface area contributed by atoms with E-state index in [0.29, 0.717) is 17.5 Å². The summed E-state index contributed by atoms with van der Waals surface area (Å²) in [5, 5.41) is 1.47. The van der Waals surface area contributed by atoms with Crippen molar-refractivity contribution in [1.82, 2.24) is 14.5 Å². The van der Waals surface area contributed by atoms with Gasteiger partial charge in [-0.3, -0.25) is 4.98 Å². The van der Waals surface area contributed by atoms with E-state index in [-0.39, 0.29) is 5.41 Å². The Hall–Kier alpha value is -2.27. The number of nitrogens with zero attached hydrogens (tertiary/aromatic N) is 4. The molecule has 0 aliphatic carbocycles. The second-order valence-corrected chi connectivity index (χ2v) is 15.2. The van der Waals surface area contributed by atoms with E-state index < -0.39 is 0 Å². The van der Waals surface area contributed by atoms with Crippen molar-refractivity contribution in [2.24, 2.45) is 16.2 Å². The number of rotatable bonds is 8. The van der Waals surface area contributed by atoms with E-state index in [2.05, 4.69) is 114 Å². The summed E-state index contributed by atoms with van der Waals surface area (Å²) < 4.78 is 2.60. The zero-order chi connectivity index (χ0) is 29.7. The number of piperazine rings is 1. The normalized spacial score (nSPS) is 19.5. The predicted molar refractivity (Wildman–Crippen MR) is 180 cm³/mol. The van der Waals surface area contributed by atoms with Crippen LogP contribution < -0.4 is 10.4 Å². The van der Waals surface area contributed by atoms with Crippen molar-refractivity contribution in [3.63, 3.8) is 0 Å². The molecule has 2 aromatic heterocycles. The van der Waals surface area contributed by atoms with Crippen LogP contribution in [0.25, 0.3) is 22.2 Å². The largest absolute Gasteiger partial charge is 0.368 e. The fraction of sp³-hybridized carbons (Fsp3) is 0.639. The first-order chi connectivity index (χ1) is 19.3. The molecule has 5 rings (SSSR count). The number of anilines is 1. The Morgan fingerprint density at radius 2 is 1.59 bits per heavy atom. The minimum atomic E-state index is 0.226. The van der Waals surface area contributed by atoms with E-state index in [4.69, 9.17) is 4.98 Å². The third kappa shape index (κ3) is 5.60. The van der Waals surface area contributed by atoms with Crippen LogP contribution in [0, 0.1) is 16.2 Å². The third-order valence-electron chi connectivity index (χ3n) is 11.4. The Bertz CT molecular complexity index is 1370. The highest BCUT2D eigenvalue weighted by atomic mass is 15.2. The SMILES string of the molecule is CCc1ncc(N2CCN(C)CC2)cc1-c1c(CC(C)(C)CC)c2cc(B3CC(C)(C)C(C)(C)C3)ccc2n1CC. The van der Waals surface area contributed by atoms with Crippen molar-refractivity contribution in [3.8, 4) is 11.3 Å². The first kappa shape index (κ1) is 30.2. The first-order valence-corrected chi connectivity index (χ1v) is 16.4. The van der Waals surface area contributed by atoms with Gasteiger partial charge in [-0.2, -0.15) is 0 Å². The molecule has 0 N–H and O–H groups in total. The molecule has 41 heavy (non-hydrogen) atoms. The van der Waals surface area contributed by atoms with Crippen LogP contribution in [-0.2, 0) is 19.4 Å². The fourth-order valence-corrected chi connectivity index (χ4v) is 7.41. The molecule has 0 atom stereocenters. The number of fused-ring (bicyclic) bond motifs is 1. The Kier molecular flexibility index (Phi) is 8.18. The molecule has 2 aliphatic rings. The van der Waals surface area contributed by atoms with Gasteiger partial charge < -0.3 is 14.4 Å². The minimum Gasteiger partial charge on any atom is -0.368 e. The summed E-state index contributed by atoms with van der Waals surface area (Å²) in [6, 6.07) is 9.97. The second-order valence-electron chi connectivity index (χ2n) is 15.2. The smallest absolute Gasteiger partial charge is 0.177 e. The molecule has 4 nitrogen and oxygen atoms in total. The lowest BCUT2D eigenvalue weighted by atomic mass is 9.42. The molecule has 4 heterocycles. The van der Waals surface area contributed by atoms with Crippen LogP contribution in [0.3, 0.4) is 0 Å². The number of pyridine rings is 1. The molecule has 0 spiro atoms. The summed E-state index contributed by atoms with van der Waals surface area (Å²) in [6.07, 6.45) is 7.84. The van der Waals surface area contributed by atoms with Gasteiger partial charge in [0.2, 0.25) is 0 Å². The van der Waals surface area contributed by atoms with Crippen molar-refractivity contribution in [2.75, 3.05) is 38.1 Å². The quantitative estimate of drug-likeness (QED) is 0.266. The fourth-order valence-electron chi connectivity index (χ4n) is 7.41. The van der Waals surface area contributed by atoms with E-state index >= 15 is 0 Å². The van der Waals surface area contributed by atoms with E-state index in [1.165, 1.54) is 57.2 Å². The topological polar surface area (TPSA) is 24.3 Å². The average molecular weight is 555 g/mol. The molecular weight excluding hydrogens is 499 g/mol. The van der Waals surface area contributed by atoms with Crippen LogP contribution in [0.4, 0.5) is 5.69 Å². The monoisotopic (exact) mass is 554 g/mol. The highest BCUT2D eigenvalue weighted by Gasteiger charge is 2.48. The molecule has 3 aromatic rings. The lowest BCUT2D eigenvalue weighted by Crippen LogP contribution is -2.44. The Balaban J connectivity index is 1.70. The van der Waals surface area contributed by atoms with E-state index in [1.54, 1.807) is 0 Å². The Labute approximate surface area is 251 Å². The van der Waals surface area contributed by atoms with Crippen LogP contribution in [0.5, 0.6) is 0 Å². The van der Waals surface area contributed by atoms with Crippen LogP contribution in [0.2, 0.25) is 12.6 Å². The number of benzene rings is 1. The maximum absolute atomic E-state index is 5.11. The van der Waals surface area contributed by atoms with Crippen molar-refractivity contribution >= 4 is 28.8 Å². The number of likely N-dealkylation sites (N-methyl/N-ethyl adjacent to an activating group) is 1. The highest BCUT2D eigenvalue weighted by molar-refractivity contribution is 6.74. The maximum atomic E-state index is 5.11. The lowest BCUT2D eigenvalue weighted by Gasteiger charge is -2.35. The molecule has 222 valence electrons. The molecule has 5 heteroatoms. The van der Waals surface area contributed by atoms with Crippen LogP contribution in [0.1, 0.15) is 80.0 Å². The highest BCUT2D eigenvalue weighted by Crippen LogP contribution is 2.53. The molecule has 2 aliphatic heterocycles. The second kappa shape index (κ2) is 11.1. The van der Waals surface area contributed by atoms with Crippen LogP contribution >= 0.6 is 0 Å². The van der Waals surface area contributed by atoms with Gasteiger partial charge in [0.05, 0.1) is 17.6 Å². The molecule has 1 aromatic carbocycles. The Morgan fingerprint density at radius 1 is 0.927 bits per heavy atom. The van der Waals surface area contributed by atoms with Crippen LogP contribution in [0.15, 0.2) is 30.5 Å². The molecular formula is C36H55BN4. The molecule has 2 saturated heterocycles. The van der Waals surface area contributed by atoms with Gasteiger partial charge in [-0.15, -0.1) is 0 Å². The Morgan fingerprint density at radius 3 is 2.17 bits per heavy atom. The van der Waals surface area contributed by atoms with Crippen molar-refractivity contribution in [1.29, 1.82) is 0 Å².